The third kappa shape index (κ3) is 3.50. The van der Waals surface area contributed by atoms with Crippen molar-refractivity contribution >= 4 is 38.5 Å². The van der Waals surface area contributed by atoms with E-state index in [2.05, 4.69) is 89.2 Å². The van der Waals surface area contributed by atoms with Gasteiger partial charge >= 0.3 is 0 Å². The Hall–Kier alpha value is -1.86. The Morgan fingerprint density at radius 2 is 1.63 bits per heavy atom. The summed E-state index contributed by atoms with van der Waals surface area (Å²) < 4.78 is 2.30. The molecule has 2 heterocycles. The Morgan fingerprint density at radius 1 is 0.963 bits per heavy atom. The molecule has 142 valence electrons. The Morgan fingerprint density at radius 3 is 2.37 bits per heavy atom. The first-order chi connectivity index (χ1) is 12.7. The highest BCUT2D eigenvalue weighted by Crippen LogP contribution is 2.33. The zero-order valence-electron chi connectivity index (χ0n) is 16.2. The van der Waals surface area contributed by atoms with E-state index in [0.29, 0.717) is 0 Å². The fourth-order valence-electron chi connectivity index (χ4n) is 3.95. The van der Waals surface area contributed by atoms with Gasteiger partial charge in [0.1, 0.15) is 12.6 Å². The number of aryl methyl sites for hydroxylation is 1. The van der Waals surface area contributed by atoms with Gasteiger partial charge in [0.05, 0.1) is 22.0 Å². The van der Waals surface area contributed by atoms with Crippen LogP contribution in [0.2, 0.25) is 0 Å². The van der Waals surface area contributed by atoms with Gasteiger partial charge in [-0.3, -0.25) is 0 Å². The lowest BCUT2D eigenvalue weighted by Crippen LogP contribution is -3.00. The minimum absolute atomic E-state index is 0. The number of rotatable bonds is 6. The maximum absolute atomic E-state index is 3.73. The lowest BCUT2D eigenvalue weighted by Gasteiger charge is -2.19. The molecule has 0 aliphatic carbocycles. The summed E-state index contributed by atoms with van der Waals surface area (Å²) in [6, 6.07) is 17.2. The van der Waals surface area contributed by atoms with Crippen molar-refractivity contribution in [2.75, 3.05) is 31.5 Å². The smallest absolute Gasteiger partial charge is 0.240 e. The second-order valence-corrected chi connectivity index (χ2v) is 6.80. The zero-order valence-corrected chi connectivity index (χ0v) is 18.4. The number of benzene rings is 2. The number of nitrogens with zero attached hydrogens (tertiary/aromatic N) is 2. The van der Waals surface area contributed by atoms with E-state index in [0.717, 1.165) is 26.2 Å². The second-order valence-electron chi connectivity index (χ2n) is 6.80. The molecule has 0 radical (unpaired) electrons. The van der Waals surface area contributed by atoms with Gasteiger partial charge in [0, 0.05) is 19.2 Å². The highest BCUT2D eigenvalue weighted by molar-refractivity contribution is 6.13. The largest absolute Gasteiger partial charge is 1.00 e. The van der Waals surface area contributed by atoms with Gasteiger partial charge in [-0.15, -0.1) is 0 Å². The van der Waals surface area contributed by atoms with Gasteiger partial charge in [-0.1, -0.05) is 38.1 Å². The maximum atomic E-state index is 3.73. The molecule has 0 aliphatic rings. The first kappa shape index (κ1) is 19.9. The average molecular weight is 474 g/mol. The Kier molecular flexibility index (Phi) is 6.22. The summed E-state index contributed by atoms with van der Waals surface area (Å²) in [7, 11) is 2.16. The minimum atomic E-state index is 0. The molecule has 0 saturated carbocycles. The Bertz CT molecular complexity index is 1070. The summed E-state index contributed by atoms with van der Waals surface area (Å²) in [6.07, 6.45) is 0. The molecule has 5 heteroatoms. The molecule has 0 amide bonds. The van der Waals surface area contributed by atoms with Gasteiger partial charge in [0.15, 0.2) is 0 Å². The molecule has 0 saturated heterocycles. The molecular formula is C22H27IN4. The van der Waals surface area contributed by atoms with Crippen molar-refractivity contribution in [1.29, 1.82) is 0 Å². The van der Waals surface area contributed by atoms with Crippen molar-refractivity contribution in [2.24, 2.45) is 7.05 Å². The van der Waals surface area contributed by atoms with E-state index in [9.17, 15) is 0 Å². The van der Waals surface area contributed by atoms with E-state index in [-0.39, 0.29) is 24.0 Å². The van der Waals surface area contributed by atoms with Gasteiger partial charge in [0.25, 0.3) is 0 Å². The number of likely N-dealkylation sites (N-methyl/N-ethyl adjacent to an activating group) is 1. The lowest BCUT2D eigenvalue weighted by molar-refractivity contribution is -0.616. The third-order valence-corrected chi connectivity index (χ3v) is 5.42. The van der Waals surface area contributed by atoms with Crippen LogP contribution in [0.25, 0.3) is 32.8 Å². The summed E-state index contributed by atoms with van der Waals surface area (Å²) in [5, 5.41) is 6.26. The molecule has 4 rings (SSSR count). The van der Waals surface area contributed by atoms with E-state index in [1.54, 1.807) is 0 Å². The molecule has 0 bridgehead atoms. The molecule has 2 aromatic heterocycles. The van der Waals surface area contributed by atoms with Gasteiger partial charge < -0.3 is 39.2 Å². The Labute approximate surface area is 177 Å². The maximum Gasteiger partial charge on any atom is 0.240 e. The molecular weight excluding hydrogens is 447 g/mol. The number of para-hydroxylation sites is 2. The van der Waals surface area contributed by atoms with Crippen LogP contribution in [0.1, 0.15) is 13.8 Å². The summed E-state index contributed by atoms with van der Waals surface area (Å²) in [6.45, 7) is 8.59. The van der Waals surface area contributed by atoms with Crippen LogP contribution in [-0.2, 0) is 7.05 Å². The molecule has 2 aromatic carbocycles. The van der Waals surface area contributed by atoms with Crippen LogP contribution in [-0.4, -0.2) is 36.1 Å². The lowest BCUT2D eigenvalue weighted by atomic mass is 10.1. The SMILES string of the molecule is CCN(CC)CCNc1c2ccccc2[n+](C)c2c1[nH]c1ccccc12.[I-]. The fraction of sp³-hybridized carbons (Fsp3) is 0.318. The predicted octanol–water partition coefficient (Wildman–Crippen LogP) is 1.06. The highest BCUT2D eigenvalue weighted by atomic mass is 127. The molecule has 0 fully saturated rings. The number of halogens is 1. The third-order valence-electron chi connectivity index (χ3n) is 5.42. The van der Waals surface area contributed by atoms with E-state index in [1.165, 1.54) is 38.5 Å². The summed E-state index contributed by atoms with van der Waals surface area (Å²) >= 11 is 0. The van der Waals surface area contributed by atoms with Crippen molar-refractivity contribution in [3.63, 3.8) is 0 Å². The number of fused-ring (bicyclic) bond motifs is 4. The zero-order chi connectivity index (χ0) is 18.1. The van der Waals surface area contributed by atoms with Crippen LogP contribution in [0, 0.1) is 0 Å². The minimum Gasteiger partial charge on any atom is -1.00 e. The quantitative estimate of drug-likeness (QED) is 0.324. The molecule has 2 N–H and O–H groups in total. The second kappa shape index (κ2) is 8.44. The monoisotopic (exact) mass is 474 g/mol. The van der Waals surface area contributed by atoms with E-state index in [4.69, 9.17) is 0 Å². The Balaban J connectivity index is 0.00000210. The molecule has 4 nitrogen and oxygen atoms in total. The summed E-state index contributed by atoms with van der Waals surface area (Å²) in [5.74, 6) is 0. The molecule has 4 aromatic rings. The first-order valence-corrected chi connectivity index (χ1v) is 9.52. The summed E-state index contributed by atoms with van der Waals surface area (Å²) in [4.78, 5) is 6.09. The van der Waals surface area contributed by atoms with Gasteiger partial charge in [-0.25, -0.2) is 0 Å². The molecule has 0 spiro atoms. The van der Waals surface area contributed by atoms with Crippen molar-refractivity contribution in [1.82, 2.24) is 9.88 Å². The molecule has 0 unspecified atom stereocenters. The number of pyridine rings is 1. The first-order valence-electron chi connectivity index (χ1n) is 9.52. The normalized spacial score (nSPS) is 11.4. The van der Waals surface area contributed by atoms with Crippen LogP contribution in [0.15, 0.2) is 48.5 Å². The van der Waals surface area contributed by atoms with Crippen molar-refractivity contribution in [3.8, 4) is 0 Å². The molecule has 0 atom stereocenters. The van der Waals surface area contributed by atoms with Crippen LogP contribution in [0.4, 0.5) is 5.69 Å². The molecule has 0 aliphatic heterocycles. The van der Waals surface area contributed by atoms with E-state index >= 15 is 0 Å². The van der Waals surface area contributed by atoms with Crippen molar-refractivity contribution < 1.29 is 28.5 Å². The van der Waals surface area contributed by atoms with Crippen molar-refractivity contribution in [3.05, 3.63) is 48.5 Å². The standard InChI is InChI=1S/C22H26N4.HI/c1-4-26(5-2)15-14-23-20-17-11-7-9-13-19(17)25(3)22-16-10-6-8-12-18(16)24-21(20)22;/h6-13H,4-5,14-15H2,1-3H3,(H,23,24);1H. The number of anilines is 1. The number of aromatic amines is 1. The number of hydrogen-bond acceptors (Lipinski definition) is 2. The topological polar surface area (TPSA) is 34.9 Å². The van der Waals surface area contributed by atoms with Crippen LogP contribution in [0.3, 0.4) is 0 Å². The summed E-state index contributed by atoms with van der Waals surface area (Å²) in [5.41, 5.74) is 6.07. The number of H-pyrrole nitrogens is 1. The number of aromatic nitrogens is 2. The number of nitrogens with one attached hydrogen (secondary N) is 2. The van der Waals surface area contributed by atoms with Crippen LogP contribution >= 0.6 is 0 Å². The van der Waals surface area contributed by atoms with Gasteiger partial charge in [0.2, 0.25) is 11.0 Å². The van der Waals surface area contributed by atoms with Crippen LogP contribution < -0.4 is 33.9 Å². The van der Waals surface area contributed by atoms with Crippen molar-refractivity contribution in [2.45, 2.75) is 13.8 Å². The predicted molar refractivity (Wildman–Crippen MR) is 111 cm³/mol. The van der Waals surface area contributed by atoms with Gasteiger partial charge in [-0.2, -0.15) is 4.57 Å². The van der Waals surface area contributed by atoms with Crippen LogP contribution in [0.5, 0.6) is 0 Å². The fourth-order valence-corrected chi connectivity index (χ4v) is 3.95. The van der Waals surface area contributed by atoms with E-state index < -0.39 is 0 Å². The van der Waals surface area contributed by atoms with E-state index in [1.807, 2.05) is 0 Å². The molecule has 27 heavy (non-hydrogen) atoms. The number of hydrogen-bond donors (Lipinski definition) is 2. The van der Waals surface area contributed by atoms with Gasteiger partial charge in [-0.05, 0) is 31.3 Å². The average Bonchev–Trinajstić information content (AvgIpc) is 3.07. The highest BCUT2D eigenvalue weighted by Gasteiger charge is 2.21.